The number of phenols is 1. The maximum atomic E-state index is 10.0. The standard InChI is InChI=1S/C17H17N3O2S/c1-2-10-20-23-13-19-18-12-14-8-9-17(16(21)11-14)22-15-6-4-3-5-7-15/h2-12,19-21H,1H3/b10-2+,18-12+. The third kappa shape index (κ3) is 5.74. The molecular weight excluding hydrogens is 310 g/mol. The molecule has 2 rings (SSSR count). The van der Waals surface area contributed by atoms with Crippen LogP contribution < -0.4 is 14.9 Å². The highest BCUT2D eigenvalue weighted by molar-refractivity contribution is 7.86. The molecule has 0 bridgehead atoms. The summed E-state index contributed by atoms with van der Waals surface area (Å²) < 4.78 is 8.51. The van der Waals surface area contributed by atoms with E-state index in [4.69, 9.17) is 4.74 Å². The summed E-state index contributed by atoms with van der Waals surface area (Å²) in [6.45, 7) is 1.91. The molecule has 23 heavy (non-hydrogen) atoms. The van der Waals surface area contributed by atoms with Crippen LogP contribution in [0, 0.1) is 5.31 Å². The van der Waals surface area contributed by atoms with E-state index < -0.39 is 0 Å². The molecule has 0 atom stereocenters. The molecule has 118 valence electrons. The van der Waals surface area contributed by atoms with Crippen LogP contribution in [0.1, 0.15) is 12.5 Å². The SMILES string of the molecule is C/C=C/NS#CN/N=C/c1ccc(Oc2ccccc2)c(O)c1. The van der Waals surface area contributed by atoms with Gasteiger partial charge in [0.15, 0.2) is 11.5 Å². The first kappa shape index (κ1) is 16.4. The highest BCUT2D eigenvalue weighted by atomic mass is 32.1. The highest BCUT2D eigenvalue weighted by Gasteiger charge is 2.04. The predicted molar refractivity (Wildman–Crippen MR) is 94.8 cm³/mol. The van der Waals surface area contributed by atoms with E-state index in [-0.39, 0.29) is 5.75 Å². The van der Waals surface area contributed by atoms with Crippen molar-refractivity contribution in [2.24, 2.45) is 5.10 Å². The van der Waals surface area contributed by atoms with Gasteiger partial charge in [-0.25, -0.2) is 5.43 Å². The van der Waals surface area contributed by atoms with Crippen LogP contribution >= 0.6 is 11.4 Å². The summed E-state index contributed by atoms with van der Waals surface area (Å²) in [5, 5.41) is 16.7. The quantitative estimate of drug-likeness (QED) is 0.338. The molecule has 0 saturated carbocycles. The Balaban J connectivity index is 1.94. The zero-order valence-corrected chi connectivity index (χ0v) is 13.4. The van der Waals surface area contributed by atoms with Gasteiger partial charge < -0.3 is 14.6 Å². The van der Waals surface area contributed by atoms with E-state index in [0.717, 1.165) is 5.56 Å². The van der Waals surface area contributed by atoms with E-state index >= 15 is 0 Å². The number of hydrogen-bond donors (Lipinski definition) is 3. The number of allylic oxidation sites excluding steroid dienone is 1. The molecule has 6 heteroatoms. The van der Waals surface area contributed by atoms with E-state index in [9.17, 15) is 5.11 Å². The molecule has 0 spiro atoms. The van der Waals surface area contributed by atoms with Gasteiger partial charge in [0.25, 0.3) is 0 Å². The largest absolute Gasteiger partial charge is 0.504 e. The molecule has 2 aromatic rings. The molecule has 3 N–H and O–H groups in total. The minimum atomic E-state index is 0.0508. The fourth-order valence-corrected chi connectivity index (χ4v) is 1.97. The van der Waals surface area contributed by atoms with E-state index in [2.05, 4.69) is 20.6 Å². The van der Waals surface area contributed by atoms with Crippen LogP contribution in [-0.2, 0) is 0 Å². The third-order valence-corrected chi connectivity index (χ3v) is 3.07. The van der Waals surface area contributed by atoms with Crippen molar-refractivity contribution < 1.29 is 9.84 Å². The average Bonchev–Trinajstić information content (AvgIpc) is 2.57. The fourth-order valence-electron chi connectivity index (χ4n) is 1.60. The summed E-state index contributed by atoms with van der Waals surface area (Å²) >= 11 is 1.24. The van der Waals surface area contributed by atoms with Gasteiger partial charge in [-0.05, 0) is 42.8 Å². The first-order valence-corrected chi connectivity index (χ1v) is 7.73. The van der Waals surface area contributed by atoms with Gasteiger partial charge in [-0.2, -0.15) is 5.10 Å². The zero-order chi connectivity index (χ0) is 16.3. The summed E-state index contributed by atoms with van der Waals surface area (Å²) in [5.74, 6) is 1.11. The number of para-hydroxylation sites is 1. The Kier molecular flexibility index (Phi) is 6.53. The van der Waals surface area contributed by atoms with Crippen molar-refractivity contribution in [1.29, 1.82) is 0 Å². The van der Waals surface area contributed by atoms with Crippen molar-refractivity contribution in [2.45, 2.75) is 6.92 Å². The molecule has 0 heterocycles. The lowest BCUT2D eigenvalue weighted by Gasteiger charge is -2.07. The van der Waals surface area contributed by atoms with E-state index in [1.165, 1.54) is 11.4 Å². The number of hydrazone groups is 1. The van der Waals surface area contributed by atoms with Crippen LogP contribution in [0.3, 0.4) is 0 Å². The third-order valence-electron chi connectivity index (χ3n) is 2.62. The molecule has 2 aromatic carbocycles. The second-order valence-electron chi connectivity index (χ2n) is 4.33. The first-order chi connectivity index (χ1) is 11.3. The van der Waals surface area contributed by atoms with Crippen molar-refractivity contribution in [2.75, 3.05) is 0 Å². The summed E-state index contributed by atoms with van der Waals surface area (Å²) in [6.07, 6.45) is 5.24. The summed E-state index contributed by atoms with van der Waals surface area (Å²) in [4.78, 5) is 0. The lowest BCUT2D eigenvalue weighted by atomic mass is 10.2. The van der Waals surface area contributed by atoms with Crippen LogP contribution in [0.15, 0.2) is 65.9 Å². The van der Waals surface area contributed by atoms with Crippen LogP contribution in [0.4, 0.5) is 0 Å². The van der Waals surface area contributed by atoms with Gasteiger partial charge in [0.2, 0.25) is 0 Å². The van der Waals surface area contributed by atoms with Gasteiger partial charge in [0.1, 0.15) is 5.75 Å². The van der Waals surface area contributed by atoms with Gasteiger partial charge in [0, 0.05) is 17.6 Å². The highest BCUT2D eigenvalue weighted by Crippen LogP contribution is 2.30. The number of phenolic OH excluding ortho intramolecular Hbond substituents is 1. The van der Waals surface area contributed by atoms with Gasteiger partial charge in [-0.3, -0.25) is 0 Å². The van der Waals surface area contributed by atoms with E-state index in [1.54, 1.807) is 30.6 Å². The topological polar surface area (TPSA) is 65.9 Å². The Bertz CT molecular complexity index is 749. The minimum absolute atomic E-state index is 0.0508. The number of nitrogens with zero attached hydrogens (tertiary/aromatic N) is 1. The molecule has 0 radical (unpaired) electrons. The van der Waals surface area contributed by atoms with Crippen LogP contribution in [0.5, 0.6) is 17.2 Å². The number of benzene rings is 2. The number of ether oxygens (including phenoxy) is 1. The van der Waals surface area contributed by atoms with Gasteiger partial charge in [-0.1, -0.05) is 24.3 Å². The van der Waals surface area contributed by atoms with Gasteiger partial charge in [0.05, 0.1) is 11.5 Å². The molecular formula is C17H17N3O2S. The van der Waals surface area contributed by atoms with Crippen LogP contribution in [0.2, 0.25) is 0 Å². The lowest BCUT2D eigenvalue weighted by Crippen LogP contribution is -1.95. The summed E-state index contributed by atoms with van der Waals surface area (Å²) in [7, 11) is 0. The fraction of sp³-hybridized carbons (Fsp3) is 0.0588. The van der Waals surface area contributed by atoms with E-state index in [1.807, 2.05) is 43.3 Å². The lowest BCUT2D eigenvalue weighted by molar-refractivity contribution is 0.411. The second-order valence-corrected chi connectivity index (χ2v) is 4.98. The summed E-state index contributed by atoms with van der Waals surface area (Å²) in [6, 6.07) is 14.4. The van der Waals surface area contributed by atoms with Crippen molar-refractivity contribution in [3.05, 3.63) is 66.4 Å². The molecule has 0 amide bonds. The van der Waals surface area contributed by atoms with Gasteiger partial charge >= 0.3 is 0 Å². The Labute approximate surface area is 139 Å². The number of rotatable bonds is 5. The normalized spacial score (nSPS) is 10.5. The molecule has 0 unspecified atom stereocenters. The van der Waals surface area contributed by atoms with Gasteiger partial charge in [-0.15, -0.1) is 0 Å². The number of hydrogen-bond acceptors (Lipinski definition) is 5. The minimum Gasteiger partial charge on any atom is -0.504 e. The van der Waals surface area contributed by atoms with Crippen molar-refractivity contribution >= 4 is 17.6 Å². The second kappa shape index (κ2) is 9.15. The number of nitrogens with one attached hydrogen (secondary N) is 2. The monoisotopic (exact) mass is 327 g/mol. The smallest absolute Gasteiger partial charge is 0.169 e. The van der Waals surface area contributed by atoms with E-state index in [0.29, 0.717) is 11.5 Å². The maximum absolute atomic E-state index is 10.0. The van der Waals surface area contributed by atoms with Crippen molar-refractivity contribution in [3.8, 4) is 22.6 Å². The average molecular weight is 327 g/mol. The van der Waals surface area contributed by atoms with Crippen molar-refractivity contribution in [3.63, 3.8) is 0 Å². The predicted octanol–water partition coefficient (Wildman–Crippen LogP) is 3.80. The molecule has 0 fully saturated rings. The van der Waals surface area contributed by atoms with Crippen LogP contribution in [0.25, 0.3) is 0 Å². The molecule has 0 saturated heterocycles. The summed E-state index contributed by atoms with van der Waals surface area (Å²) in [5.41, 5.74) is 3.38. The Morgan fingerprint density at radius 3 is 2.78 bits per heavy atom. The van der Waals surface area contributed by atoms with Crippen LogP contribution in [-0.4, -0.2) is 11.3 Å². The Morgan fingerprint density at radius 1 is 1.22 bits per heavy atom. The Hall–Kier alpha value is -2.95. The maximum Gasteiger partial charge on any atom is 0.169 e. The molecule has 0 aromatic heterocycles. The molecule has 0 aliphatic carbocycles. The number of aromatic hydroxyl groups is 1. The first-order valence-electron chi connectivity index (χ1n) is 6.91. The Morgan fingerprint density at radius 2 is 2.04 bits per heavy atom. The zero-order valence-electron chi connectivity index (χ0n) is 12.6. The molecule has 0 aliphatic heterocycles. The molecule has 0 aliphatic rings. The van der Waals surface area contributed by atoms with Crippen molar-refractivity contribution in [1.82, 2.24) is 10.1 Å². The molecule has 5 nitrogen and oxygen atoms in total.